The maximum absolute atomic E-state index is 8.59. The molecule has 0 bridgehead atoms. The van der Waals surface area contributed by atoms with Crippen molar-refractivity contribution in [3.63, 3.8) is 0 Å². The molecule has 0 radical (unpaired) electrons. The molecule has 0 atom stereocenters. The summed E-state index contributed by atoms with van der Waals surface area (Å²) in [7, 11) is -3.12. The Bertz CT molecular complexity index is 177. The third-order valence-electron chi connectivity index (χ3n) is 1.65. The van der Waals surface area contributed by atoms with Crippen LogP contribution in [-0.4, -0.2) is 31.0 Å². The lowest BCUT2D eigenvalue weighted by atomic mass is 10.1. The van der Waals surface area contributed by atoms with Crippen LogP contribution in [-0.2, 0) is 11.0 Å². The third-order valence-corrected chi connectivity index (χ3v) is 1.65. The largest absolute Gasteiger partial charge is 0.378 e. The first-order valence-corrected chi connectivity index (χ1v) is 4.99. The van der Waals surface area contributed by atoms with Gasteiger partial charge in [-0.15, -0.1) is 0 Å². The fourth-order valence-corrected chi connectivity index (χ4v) is 1.10. The van der Waals surface area contributed by atoms with Crippen LogP contribution in [0.2, 0.25) is 0 Å². The molecule has 1 heterocycles. The molecule has 1 rings (SSSR count). The van der Waals surface area contributed by atoms with E-state index >= 15 is 0 Å². The Hall–Kier alpha value is -0.550. The summed E-state index contributed by atoms with van der Waals surface area (Å²) in [5, 5.41) is 0. The van der Waals surface area contributed by atoms with E-state index in [9.17, 15) is 0 Å². The van der Waals surface area contributed by atoms with Gasteiger partial charge in [0, 0.05) is 13.1 Å². The van der Waals surface area contributed by atoms with Gasteiger partial charge in [0.2, 0.25) is 0 Å². The lowest BCUT2D eigenvalue weighted by Gasteiger charge is -2.23. The summed E-state index contributed by atoms with van der Waals surface area (Å²) in [5.41, 5.74) is 0. The number of hydrogen-bond donors (Lipinski definition) is 2. The van der Waals surface area contributed by atoms with E-state index in [-0.39, 0.29) is 0 Å². The molecule has 0 aliphatic carbocycles. The molecule has 0 aromatic rings. The lowest BCUT2D eigenvalue weighted by molar-refractivity contribution is 0.310. The van der Waals surface area contributed by atoms with Gasteiger partial charge < -0.3 is 4.90 Å². The van der Waals surface area contributed by atoms with Gasteiger partial charge in [0.15, 0.2) is 0 Å². The Morgan fingerprint density at radius 2 is 1.67 bits per heavy atom. The van der Waals surface area contributed by atoms with Crippen molar-refractivity contribution in [3.05, 3.63) is 12.8 Å². The van der Waals surface area contributed by atoms with Crippen molar-refractivity contribution in [2.75, 3.05) is 13.1 Å². The number of rotatable bonds is 1. The molecule has 0 aromatic carbocycles. The van der Waals surface area contributed by atoms with Crippen molar-refractivity contribution in [2.24, 2.45) is 0 Å². The quantitative estimate of drug-likeness (QED) is 0.475. The monoisotopic (exact) mass is 193 g/mol. The summed E-state index contributed by atoms with van der Waals surface area (Å²) in [5.74, 6) is 0. The van der Waals surface area contributed by atoms with Gasteiger partial charge in [-0.05, 0) is 25.5 Å². The van der Waals surface area contributed by atoms with Gasteiger partial charge in [-0.1, -0.05) is 6.58 Å². The average Bonchev–Trinajstić information content (AvgIpc) is 2.05. The highest BCUT2D eigenvalue weighted by molar-refractivity contribution is 7.66. The molecule has 1 N–H and O–H groups in total. The predicted molar refractivity (Wildman–Crippen MR) is 48.6 cm³/mol. The van der Waals surface area contributed by atoms with E-state index in [4.69, 9.17) is 13.0 Å². The molecule has 1 saturated heterocycles. The van der Waals surface area contributed by atoms with Gasteiger partial charge in [0.25, 0.3) is 11.0 Å². The average molecular weight is 193 g/mol. The molecular formula is C7H15NO3S. The Morgan fingerprint density at radius 1 is 1.25 bits per heavy atom. The Labute approximate surface area is 74.7 Å². The van der Waals surface area contributed by atoms with Crippen molar-refractivity contribution in [1.82, 2.24) is 4.90 Å². The maximum Gasteiger partial charge on any atom is 0.254 e. The van der Waals surface area contributed by atoms with Gasteiger partial charge in [-0.25, -0.2) is 8.42 Å². The van der Waals surface area contributed by atoms with E-state index in [0.29, 0.717) is 0 Å². The molecular weight excluding hydrogens is 178 g/mol. The van der Waals surface area contributed by atoms with Crippen LogP contribution >= 0.6 is 0 Å². The van der Waals surface area contributed by atoms with Gasteiger partial charge in [0.05, 0.1) is 0 Å². The second kappa shape index (κ2) is 7.12. The van der Waals surface area contributed by atoms with Crippen molar-refractivity contribution >= 4 is 11.0 Å². The van der Waals surface area contributed by atoms with E-state index in [1.165, 1.54) is 32.4 Å². The summed E-state index contributed by atoms with van der Waals surface area (Å²) >= 11 is 0. The fourth-order valence-electron chi connectivity index (χ4n) is 1.10. The second-order valence-electron chi connectivity index (χ2n) is 2.52. The molecule has 1 fully saturated rings. The normalized spacial score (nSPS) is 16.7. The topological polar surface area (TPSA) is 57.6 Å². The molecule has 0 unspecified atom stereocenters. The zero-order chi connectivity index (χ0) is 9.40. The zero-order valence-corrected chi connectivity index (χ0v) is 7.87. The van der Waals surface area contributed by atoms with Crippen LogP contribution in [0.15, 0.2) is 12.8 Å². The van der Waals surface area contributed by atoms with E-state index in [2.05, 4.69) is 11.5 Å². The van der Waals surface area contributed by atoms with Crippen molar-refractivity contribution in [2.45, 2.75) is 19.3 Å². The van der Waals surface area contributed by atoms with Crippen molar-refractivity contribution in [1.29, 1.82) is 0 Å². The Balaban J connectivity index is 0.000000261. The molecule has 1 aliphatic rings. The van der Waals surface area contributed by atoms with E-state index in [1.54, 1.807) is 0 Å². The Kier molecular flexibility index (Phi) is 6.79. The summed E-state index contributed by atoms with van der Waals surface area (Å²) in [6.45, 7) is 6.16. The summed E-state index contributed by atoms with van der Waals surface area (Å²) in [6.07, 6.45) is 6.06. The van der Waals surface area contributed by atoms with Crippen LogP contribution in [0.1, 0.15) is 19.3 Å². The molecule has 4 nitrogen and oxygen atoms in total. The number of hydrogen-bond acceptors (Lipinski definition) is 3. The first-order chi connectivity index (χ1) is 5.66. The number of thiol groups is 1. The molecule has 0 spiro atoms. The highest BCUT2D eigenvalue weighted by Crippen LogP contribution is 2.07. The summed E-state index contributed by atoms with van der Waals surface area (Å²) in [6, 6.07) is 0. The number of piperidine rings is 1. The molecule has 5 heteroatoms. The van der Waals surface area contributed by atoms with E-state index < -0.39 is 11.0 Å². The molecule has 0 aromatic heterocycles. The van der Waals surface area contributed by atoms with Gasteiger partial charge in [-0.3, -0.25) is 4.55 Å². The van der Waals surface area contributed by atoms with Crippen LogP contribution in [0, 0.1) is 0 Å². The highest BCUT2D eigenvalue weighted by atomic mass is 32.2. The minimum Gasteiger partial charge on any atom is -0.378 e. The SMILES string of the molecule is C=CN1CCCCC1.O=[SH](=O)O. The minimum absolute atomic E-state index is 1.23. The predicted octanol–water partition coefficient (Wildman–Crippen LogP) is 0.687. The molecule has 0 saturated carbocycles. The third kappa shape index (κ3) is 7.56. The molecule has 1 aliphatic heterocycles. The fraction of sp³-hybridized carbons (Fsp3) is 0.714. The lowest BCUT2D eigenvalue weighted by Crippen LogP contribution is -2.23. The van der Waals surface area contributed by atoms with Crippen molar-refractivity contribution in [3.8, 4) is 0 Å². The standard InChI is InChI=1S/C7H13N.H2O3S/c1-2-8-6-4-3-5-7-8;1-4(2)3/h2H,1,3-7H2;4H,(H,1,2,3). The summed E-state index contributed by atoms with van der Waals surface area (Å²) < 4.78 is 24.2. The van der Waals surface area contributed by atoms with E-state index in [0.717, 1.165) is 0 Å². The van der Waals surface area contributed by atoms with Crippen LogP contribution in [0.3, 0.4) is 0 Å². The minimum atomic E-state index is -3.12. The van der Waals surface area contributed by atoms with Crippen LogP contribution in [0.4, 0.5) is 0 Å². The second-order valence-corrected chi connectivity index (χ2v) is 2.99. The van der Waals surface area contributed by atoms with Crippen LogP contribution in [0.25, 0.3) is 0 Å². The molecule has 12 heavy (non-hydrogen) atoms. The molecule has 72 valence electrons. The smallest absolute Gasteiger partial charge is 0.254 e. The van der Waals surface area contributed by atoms with Crippen molar-refractivity contribution < 1.29 is 13.0 Å². The van der Waals surface area contributed by atoms with Crippen LogP contribution in [0.5, 0.6) is 0 Å². The first-order valence-electron chi connectivity index (χ1n) is 3.86. The van der Waals surface area contributed by atoms with Crippen LogP contribution < -0.4 is 0 Å². The Morgan fingerprint density at radius 3 is 1.92 bits per heavy atom. The number of likely N-dealkylation sites (tertiary alicyclic amines) is 1. The first kappa shape index (κ1) is 11.4. The van der Waals surface area contributed by atoms with Gasteiger partial charge in [-0.2, -0.15) is 0 Å². The van der Waals surface area contributed by atoms with Gasteiger partial charge in [0.1, 0.15) is 0 Å². The molecule has 0 amide bonds. The summed E-state index contributed by atoms with van der Waals surface area (Å²) in [4.78, 5) is 2.28. The van der Waals surface area contributed by atoms with E-state index in [1.807, 2.05) is 6.20 Å². The maximum atomic E-state index is 8.59. The zero-order valence-electron chi connectivity index (χ0n) is 6.98. The number of nitrogens with zero attached hydrogens (tertiary/aromatic N) is 1. The van der Waals surface area contributed by atoms with Gasteiger partial charge >= 0.3 is 0 Å². The highest BCUT2D eigenvalue weighted by Gasteiger charge is 2.02.